The van der Waals surface area contributed by atoms with E-state index in [2.05, 4.69) is 6.92 Å². The third-order valence-electron chi connectivity index (χ3n) is 9.34. The fraction of sp³-hybridized carbons (Fsp3) is 0.739. The molecule has 0 amide bonds. The summed E-state index contributed by atoms with van der Waals surface area (Å²) in [6, 6.07) is 0. The Hall–Kier alpha value is -1.35. The molecule has 170 valence electrons. The second-order valence-electron chi connectivity index (χ2n) is 10.7. The van der Waals surface area contributed by atoms with E-state index in [1.54, 1.807) is 12.2 Å². The van der Waals surface area contributed by atoms with E-state index in [0.29, 0.717) is 12.8 Å². The van der Waals surface area contributed by atoms with Crippen molar-refractivity contribution in [3.8, 4) is 0 Å². The van der Waals surface area contributed by atoms with E-state index in [1.165, 1.54) is 0 Å². The van der Waals surface area contributed by atoms with Gasteiger partial charge in [0.1, 0.15) is 17.8 Å². The zero-order chi connectivity index (χ0) is 22.6. The Balaban J connectivity index is 1.51. The topological polar surface area (TPSA) is 110 Å². The fourth-order valence-corrected chi connectivity index (χ4v) is 8.17. The summed E-state index contributed by atoms with van der Waals surface area (Å²) in [7, 11) is -3.79. The third-order valence-corrected chi connectivity index (χ3v) is 9.89. The number of aliphatic hydroxyl groups is 1. The molecule has 1 spiro atoms. The number of allylic oxidation sites excluding steroid dienone is 2. The number of hydrogen-bond donors (Lipinski definition) is 1. The lowest BCUT2D eigenvalue weighted by molar-refractivity contribution is -0.165. The van der Waals surface area contributed by atoms with Crippen molar-refractivity contribution in [2.24, 2.45) is 28.6 Å². The van der Waals surface area contributed by atoms with Crippen LogP contribution in [0.4, 0.5) is 0 Å². The van der Waals surface area contributed by atoms with Crippen LogP contribution in [0.3, 0.4) is 0 Å². The van der Waals surface area contributed by atoms with Crippen LogP contribution < -0.4 is 0 Å². The molecule has 0 aromatic rings. The maximum Gasteiger partial charge on any atom is 0.264 e. The first-order valence-corrected chi connectivity index (χ1v) is 12.8. The summed E-state index contributed by atoms with van der Waals surface area (Å²) in [5.74, 6) is -0.676. The minimum atomic E-state index is -3.79. The molecule has 5 aliphatic rings. The highest BCUT2D eigenvalue weighted by Crippen LogP contribution is 2.76. The first-order valence-electron chi connectivity index (χ1n) is 11.0. The summed E-state index contributed by atoms with van der Waals surface area (Å²) in [6.07, 6.45) is 8.97. The monoisotopic (exact) mass is 450 g/mol. The molecule has 5 rings (SSSR count). The summed E-state index contributed by atoms with van der Waals surface area (Å²) in [4.78, 5) is 25.1. The Morgan fingerprint density at radius 2 is 2.03 bits per heavy atom. The molecule has 1 saturated heterocycles. The molecule has 1 heterocycles. The quantitative estimate of drug-likeness (QED) is 0.515. The Morgan fingerprint density at radius 3 is 2.71 bits per heavy atom. The van der Waals surface area contributed by atoms with Crippen LogP contribution in [0.5, 0.6) is 0 Å². The highest BCUT2D eigenvalue weighted by atomic mass is 32.2. The van der Waals surface area contributed by atoms with E-state index in [0.717, 1.165) is 24.7 Å². The van der Waals surface area contributed by atoms with E-state index < -0.39 is 39.1 Å². The molecule has 8 atom stereocenters. The minimum Gasteiger partial charge on any atom is -0.381 e. The average molecular weight is 451 g/mol. The molecule has 4 fully saturated rings. The summed E-state index contributed by atoms with van der Waals surface area (Å²) in [6.45, 7) is 5.32. The van der Waals surface area contributed by atoms with Crippen molar-refractivity contribution < 1.29 is 32.0 Å². The van der Waals surface area contributed by atoms with E-state index in [9.17, 15) is 23.1 Å². The number of fused-ring (bicyclic) bond motifs is 3. The van der Waals surface area contributed by atoms with Crippen molar-refractivity contribution in [1.29, 1.82) is 0 Å². The van der Waals surface area contributed by atoms with Crippen LogP contribution in [-0.4, -0.2) is 55.3 Å². The van der Waals surface area contributed by atoms with E-state index >= 15 is 0 Å². The number of rotatable bonds is 4. The molecule has 8 heteroatoms. The van der Waals surface area contributed by atoms with Gasteiger partial charge in [0, 0.05) is 10.8 Å². The molecule has 0 aromatic heterocycles. The largest absolute Gasteiger partial charge is 0.381 e. The molecule has 0 bridgehead atoms. The first kappa shape index (κ1) is 21.5. The summed E-state index contributed by atoms with van der Waals surface area (Å²) >= 11 is 0. The van der Waals surface area contributed by atoms with Gasteiger partial charge in [0.15, 0.2) is 11.6 Å². The van der Waals surface area contributed by atoms with Crippen LogP contribution in [-0.2, 0) is 28.6 Å². The van der Waals surface area contributed by atoms with E-state index in [-0.39, 0.29) is 35.1 Å². The molecular formula is C23H30O7S. The highest BCUT2D eigenvalue weighted by molar-refractivity contribution is 7.86. The molecule has 3 saturated carbocycles. The lowest BCUT2D eigenvalue weighted by Crippen LogP contribution is -2.62. The standard InChI is InChI=1S/C23H30O7S/c1-13-9-17-16-6-5-14-10-15(24)7-8-20(14,2)23(16)19(30-23)11-21(17,3)22(13,26)18(25)12-29-31(4,27)28/h7-8,10,13,16-17,19,26H,5-6,9,11-12H2,1-4H3/t13-,16-,17-,19-,20-,21-,22-,23+/m0/s1. The summed E-state index contributed by atoms with van der Waals surface area (Å²) in [5, 5.41) is 11.8. The van der Waals surface area contributed by atoms with Crippen LogP contribution in [0.1, 0.15) is 46.5 Å². The summed E-state index contributed by atoms with van der Waals surface area (Å²) in [5.41, 5.74) is -2.05. The molecule has 1 N–H and O–H groups in total. The number of ether oxygens (including phenoxy) is 1. The number of carbonyl (C=O) groups excluding carboxylic acids is 2. The van der Waals surface area contributed by atoms with Gasteiger partial charge in [-0.3, -0.25) is 13.8 Å². The number of Topliss-reactive ketones (excluding diaryl/α,β-unsaturated/α-hetero) is 1. The van der Waals surface area contributed by atoms with Gasteiger partial charge in [-0.2, -0.15) is 8.42 Å². The van der Waals surface area contributed by atoms with Gasteiger partial charge >= 0.3 is 0 Å². The smallest absolute Gasteiger partial charge is 0.264 e. The number of hydrogen-bond acceptors (Lipinski definition) is 7. The third kappa shape index (κ3) is 2.53. The van der Waals surface area contributed by atoms with Gasteiger partial charge < -0.3 is 9.84 Å². The van der Waals surface area contributed by atoms with Crippen LogP contribution in [0.2, 0.25) is 0 Å². The van der Waals surface area contributed by atoms with Crippen LogP contribution >= 0.6 is 0 Å². The van der Waals surface area contributed by atoms with Gasteiger partial charge in [0.2, 0.25) is 0 Å². The molecule has 0 aromatic carbocycles. The average Bonchev–Trinajstić information content (AvgIpc) is 3.36. The second-order valence-corrected chi connectivity index (χ2v) is 12.3. The fourth-order valence-electron chi connectivity index (χ4n) is 7.85. The van der Waals surface area contributed by atoms with Crippen molar-refractivity contribution in [3.05, 3.63) is 23.8 Å². The number of carbonyl (C=O) groups is 2. The van der Waals surface area contributed by atoms with E-state index in [4.69, 9.17) is 8.92 Å². The predicted molar refractivity (Wildman–Crippen MR) is 111 cm³/mol. The number of ketones is 2. The molecule has 31 heavy (non-hydrogen) atoms. The molecule has 7 nitrogen and oxygen atoms in total. The highest BCUT2D eigenvalue weighted by Gasteiger charge is 2.81. The van der Waals surface area contributed by atoms with Crippen LogP contribution in [0.25, 0.3) is 0 Å². The van der Waals surface area contributed by atoms with Gasteiger partial charge in [-0.05, 0) is 62.5 Å². The van der Waals surface area contributed by atoms with Crippen molar-refractivity contribution in [2.75, 3.05) is 12.9 Å². The van der Waals surface area contributed by atoms with Gasteiger partial charge in [-0.25, -0.2) is 0 Å². The Labute approximate surface area is 183 Å². The van der Waals surface area contributed by atoms with Crippen molar-refractivity contribution in [3.63, 3.8) is 0 Å². The molecule has 0 radical (unpaired) electrons. The predicted octanol–water partition coefficient (Wildman–Crippen LogP) is 1.95. The Kier molecular flexibility index (Phi) is 4.27. The van der Waals surface area contributed by atoms with Crippen LogP contribution in [0, 0.1) is 28.6 Å². The van der Waals surface area contributed by atoms with Gasteiger partial charge in [0.25, 0.3) is 10.1 Å². The van der Waals surface area contributed by atoms with Crippen molar-refractivity contribution >= 4 is 21.7 Å². The van der Waals surface area contributed by atoms with E-state index in [1.807, 2.05) is 19.9 Å². The Bertz CT molecular complexity index is 1040. The maximum atomic E-state index is 13.2. The zero-order valence-corrected chi connectivity index (χ0v) is 19.2. The molecule has 0 unspecified atom stereocenters. The molecule has 1 aliphatic heterocycles. The first-order chi connectivity index (χ1) is 14.3. The SMILES string of the molecule is C[C@H]1C[C@H]2[C@@H]3CCC4=CC(=O)C=C[C@]4(C)[C@@]34O[C@H]4C[C@]2(C)[C@@]1(O)C(=O)COS(C)(=O)=O. The van der Waals surface area contributed by atoms with Gasteiger partial charge in [-0.1, -0.05) is 25.5 Å². The lowest BCUT2D eigenvalue weighted by Gasteiger charge is -2.55. The van der Waals surface area contributed by atoms with Crippen molar-refractivity contribution in [2.45, 2.75) is 63.8 Å². The lowest BCUT2D eigenvalue weighted by atomic mass is 9.46. The molecule has 4 aliphatic carbocycles. The molecular weight excluding hydrogens is 420 g/mol. The number of epoxide rings is 1. The van der Waals surface area contributed by atoms with Gasteiger partial charge in [-0.15, -0.1) is 0 Å². The van der Waals surface area contributed by atoms with Gasteiger partial charge in [0.05, 0.1) is 12.4 Å². The summed E-state index contributed by atoms with van der Waals surface area (Å²) < 4.78 is 34.1. The zero-order valence-electron chi connectivity index (χ0n) is 18.4. The Morgan fingerprint density at radius 1 is 1.32 bits per heavy atom. The normalized spacial score (nSPS) is 50.1. The van der Waals surface area contributed by atoms with Crippen LogP contribution in [0.15, 0.2) is 23.8 Å². The van der Waals surface area contributed by atoms with Crippen molar-refractivity contribution in [1.82, 2.24) is 0 Å². The maximum absolute atomic E-state index is 13.2. The minimum absolute atomic E-state index is 0.0144. The second kappa shape index (κ2) is 6.16.